The molecule has 0 radical (unpaired) electrons. The number of rotatable bonds is 6. The summed E-state index contributed by atoms with van der Waals surface area (Å²) in [5.41, 5.74) is 5.27. The Morgan fingerprint density at radius 2 is 1.95 bits per heavy atom. The minimum absolute atomic E-state index is 0.100. The van der Waals surface area contributed by atoms with Gasteiger partial charge in [0, 0.05) is 32.0 Å². The number of benzene rings is 1. The van der Waals surface area contributed by atoms with Gasteiger partial charge in [-0.1, -0.05) is 0 Å². The zero-order valence-electron chi connectivity index (χ0n) is 12.2. The Balaban J connectivity index is 2.06. The fourth-order valence-electron chi connectivity index (χ4n) is 1.98. The van der Waals surface area contributed by atoms with E-state index in [0.29, 0.717) is 37.8 Å². The summed E-state index contributed by atoms with van der Waals surface area (Å²) in [7, 11) is -3.55. The molecule has 0 saturated carbocycles. The summed E-state index contributed by atoms with van der Waals surface area (Å²) in [5.74, 6) is 0.370. The molecule has 0 saturated heterocycles. The van der Waals surface area contributed by atoms with Gasteiger partial charge in [0.05, 0.1) is 23.9 Å². The molecular weight excluding hydrogens is 308 g/mol. The minimum atomic E-state index is -3.55. The topological polar surface area (TPSA) is 108 Å². The molecule has 1 amide bonds. The molecule has 1 aromatic rings. The zero-order valence-corrected chi connectivity index (χ0v) is 13.0. The minimum Gasteiger partial charge on any atom is -0.490 e. The van der Waals surface area contributed by atoms with Crippen molar-refractivity contribution in [3.63, 3.8) is 0 Å². The van der Waals surface area contributed by atoms with Crippen LogP contribution in [0.1, 0.15) is 12.8 Å². The van der Waals surface area contributed by atoms with Crippen LogP contribution in [0.15, 0.2) is 23.1 Å². The average Bonchev–Trinajstić information content (AvgIpc) is 2.75. The maximum atomic E-state index is 12.3. The number of carbonyl (C=O) groups is 1. The van der Waals surface area contributed by atoms with Crippen molar-refractivity contribution >= 4 is 15.7 Å². The molecule has 1 aliphatic heterocycles. The van der Waals surface area contributed by atoms with E-state index >= 15 is 0 Å². The Morgan fingerprint density at radius 3 is 2.68 bits per heavy atom. The van der Waals surface area contributed by atoms with E-state index < -0.39 is 9.84 Å². The molecule has 0 bridgehead atoms. The number of nitrogens with one attached hydrogen (secondary N) is 1. The first-order valence-electron chi connectivity index (χ1n) is 7.12. The number of amides is 1. The van der Waals surface area contributed by atoms with Crippen LogP contribution < -0.4 is 20.5 Å². The van der Waals surface area contributed by atoms with E-state index in [1.54, 1.807) is 6.07 Å². The molecule has 0 fully saturated rings. The third-order valence-electron chi connectivity index (χ3n) is 3.14. The second-order valence-corrected chi connectivity index (χ2v) is 6.98. The number of nitrogens with two attached hydrogens (primary N) is 1. The first-order valence-corrected chi connectivity index (χ1v) is 8.77. The molecule has 0 aromatic heterocycles. The molecule has 1 aliphatic rings. The van der Waals surface area contributed by atoms with E-state index in [0.717, 1.165) is 6.42 Å². The fraction of sp³-hybridized carbons (Fsp3) is 0.500. The molecule has 22 heavy (non-hydrogen) atoms. The predicted molar refractivity (Wildman–Crippen MR) is 80.8 cm³/mol. The second kappa shape index (κ2) is 7.46. The lowest BCUT2D eigenvalue weighted by molar-refractivity contribution is -0.120. The van der Waals surface area contributed by atoms with Crippen molar-refractivity contribution in [1.29, 1.82) is 0 Å². The summed E-state index contributed by atoms with van der Waals surface area (Å²) >= 11 is 0. The van der Waals surface area contributed by atoms with Crippen LogP contribution in [0.3, 0.4) is 0 Å². The largest absolute Gasteiger partial charge is 0.490 e. The van der Waals surface area contributed by atoms with Crippen LogP contribution in [-0.2, 0) is 14.6 Å². The van der Waals surface area contributed by atoms with E-state index in [-0.39, 0.29) is 23.0 Å². The lowest BCUT2D eigenvalue weighted by Gasteiger charge is -2.10. The number of hydrogen-bond acceptors (Lipinski definition) is 6. The van der Waals surface area contributed by atoms with Crippen LogP contribution in [0, 0.1) is 0 Å². The van der Waals surface area contributed by atoms with Crippen molar-refractivity contribution in [2.24, 2.45) is 5.73 Å². The smallest absolute Gasteiger partial charge is 0.221 e. The maximum Gasteiger partial charge on any atom is 0.221 e. The monoisotopic (exact) mass is 328 g/mol. The van der Waals surface area contributed by atoms with Crippen molar-refractivity contribution in [1.82, 2.24) is 5.32 Å². The van der Waals surface area contributed by atoms with Crippen molar-refractivity contribution in [3.8, 4) is 11.5 Å². The van der Waals surface area contributed by atoms with Crippen LogP contribution in [0.5, 0.6) is 11.5 Å². The van der Waals surface area contributed by atoms with Crippen molar-refractivity contribution in [2.45, 2.75) is 17.7 Å². The van der Waals surface area contributed by atoms with Crippen LogP contribution >= 0.6 is 0 Å². The molecule has 3 N–H and O–H groups in total. The standard InChI is InChI=1S/C14H20N2O5S/c15-5-6-16-14(17)4-9-22(18,19)11-2-3-12-13(10-11)21-8-1-7-20-12/h2-3,10H,1,4-9,15H2,(H,16,17). The normalized spacial score (nSPS) is 14.2. The predicted octanol–water partition coefficient (Wildman–Crippen LogP) is 0.0866. The molecule has 0 atom stereocenters. The van der Waals surface area contributed by atoms with Crippen LogP contribution in [0.25, 0.3) is 0 Å². The number of carbonyl (C=O) groups excluding carboxylic acids is 1. The van der Waals surface area contributed by atoms with Gasteiger partial charge in [-0.05, 0) is 12.1 Å². The van der Waals surface area contributed by atoms with Gasteiger partial charge in [-0.2, -0.15) is 0 Å². The summed E-state index contributed by atoms with van der Waals surface area (Å²) in [5, 5.41) is 2.54. The summed E-state index contributed by atoms with van der Waals surface area (Å²) in [6, 6.07) is 4.51. The van der Waals surface area contributed by atoms with Gasteiger partial charge in [-0.25, -0.2) is 8.42 Å². The Bertz CT molecular complexity index is 630. The molecule has 8 heteroatoms. The highest BCUT2D eigenvalue weighted by atomic mass is 32.2. The Morgan fingerprint density at radius 1 is 1.23 bits per heavy atom. The van der Waals surface area contributed by atoms with Gasteiger partial charge in [0.15, 0.2) is 21.3 Å². The van der Waals surface area contributed by atoms with Crippen molar-refractivity contribution in [2.75, 3.05) is 32.1 Å². The van der Waals surface area contributed by atoms with Gasteiger partial charge in [-0.15, -0.1) is 0 Å². The summed E-state index contributed by atoms with van der Waals surface area (Å²) in [4.78, 5) is 11.6. The van der Waals surface area contributed by atoms with Gasteiger partial charge in [0.25, 0.3) is 0 Å². The molecule has 0 aliphatic carbocycles. The van der Waals surface area contributed by atoms with E-state index in [2.05, 4.69) is 5.32 Å². The molecule has 1 aromatic carbocycles. The average molecular weight is 328 g/mol. The molecular formula is C14H20N2O5S. The summed E-state index contributed by atoms with van der Waals surface area (Å²) in [6.07, 6.45) is 0.648. The molecule has 122 valence electrons. The number of fused-ring (bicyclic) bond motifs is 1. The van der Waals surface area contributed by atoms with Crippen LogP contribution in [-0.4, -0.2) is 46.4 Å². The van der Waals surface area contributed by atoms with Crippen LogP contribution in [0.2, 0.25) is 0 Å². The van der Waals surface area contributed by atoms with Gasteiger partial charge in [-0.3, -0.25) is 4.79 Å². The van der Waals surface area contributed by atoms with Crippen molar-refractivity contribution < 1.29 is 22.7 Å². The highest BCUT2D eigenvalue weighted by Gasteiger charge is 2.20. The van der Waals surface area contributed by atoms with E-state index in [9.17, 15) is 13.2 Å². The molecule has 0 unspecified atom stereocenters. The highest BCUT2D eigenvalue weighted by molar-refractivity contribution is 7.91. The third-order valence-corrected chi connectivity index (χ3v) is 4.86. The Kier molecular flexibility index (Phi) is 5.62. The number of sulfone groups is 1. The Labute approximate surface area is 129 Å². The lowest BCUT2D eigenvalue weighted by atomic mass is 10.3. The second-order valence-electron chi connectivity index (χ2n) is 4.87. The van der Waals surface area contributed by atoms with Gasteiger partial charge in [0.1, 0.15) is 0 Å². The molecule has 1 heterocycles. The zero-order chi connectivity index (χ0) is 16.0. The molecule has 2 rings (SSSR count). The third kappa shape index (κ3) is 4.35. The van der Waals surface area contributed by atoms with Gasteiger partial charge in [0.2, 0.25) is 5.91 Å². The quantitative estimate of drug-likeness (QED) is 0.766. The number of hydrogen-bond donors (Lipinski definition) is 2. The van der Waals surface area contributed by atoms with Crippen molar-refractivity contribution in [3.05, 3.63) is 18.2 Å². The lowest BCUT2D eigenvalue weighted by Crippen LogP contribution is -2.30. The molecule has 7 nitrogen and oxygen atoms in total. The van der Waals surface area contributed by atoms with E-state index in [1.807, 2.05) is 0 Å². The summed E-state index contributed by atoms with van der Waals surface area (Å²) in [6.45, 7) is 1.68. The van der Waals surface area contributed by atoms with Crippen LogP contribution in [0.4, 0.5) is 0 Å². The first kappa shape index (κ1) is 16.6. The first-order chi connectivity index (χ1) is 10.5. The Hall–Kier alpha value is -1.80. The van der Waals surface area contributed by atoms with E-state index in [1.165, 1.54) is 12.1 Å². The van der Waals surface area contributed by atoms with Gasteiger partial charge < -0.3 is 20.5 Å². The highest BCUT2D eigenvalue weighted by Crippen LogP contribution is 2.32. The molecule has 0 spiro atoms. The summed E-state index contributed by atoms with van der Waals surface area (Å²) < 4.78 is 35.5. The fourth-order valence-corrected chi connectivity index (χ4v) is 3.23. The van der Waals surface area contributed by atoms with Gasteiger partial charge >= 0.3 is 0 Å². The maximum absolute atomic E-state index is 12.3. The number of ether oxygens (including phenoxy) is 2. The van der Waals surface area contributed by atoms with E-state index in [4.69, 9.17) is 15.2 Å². The SMILES string of the molecule is NCCNC(=O)CCS(=O)(=O)c1ccc2c(c1)OCCCO2.